The van der Waals surface area contributed by atoms with E-state index in [2.05, 4.69) is 4.98 Å². The highest BCUT2D eigenvalue weighted by Gasteiger charge is 2.07. The third kappa shape index (κ3) is 3.32. The molecular formula is C15H14ClNO2. The minimum Gasteiger partial charge on any atom is -0.492 e. The first-order valence-corrected chi connectivity index (χ1v) is 6.45. The summed E-state index contributed by atoms with van der Waals surface area (Å²) in [5.74, 6) is 0.691. The molecule has 2 aromatic rings. The van der Waals surface area contributed by atoms with Gasteiger partial charge in [0.25, 0.3) is 0 Å². The predicted octanol–water partition coefficient (Wildman–Crippen LogP) is 4.00. The Morgan fingerprint density at radius 3 is 2.89 bits per heavy atom. The van der Waals surface area contributed by atoms with Crippen LogP contribution < -0.4 is 4.74 Å². The van der Waals surface area contributed by atoms with Gasteiger partial charge in [-0.1, -0.05) is 18.5 Å². The molecule has 0 aliphatic heterocycles. The first-order valence-electron chi connectivity index (χ1n) is 6.07. The molecule has 0 unspecified atom stereocenters. The zero-order valence-electron chi connectivity index (χ0n) is 10.6. The maximum atomic E-state index is 11.1. The number of carbonyl (C=O) groups is 1. The fraction of sp³-hybridized carbons (Fsp3) is 0.200. The van der Waals surface area contributed by atoms with Crippen LogP contribution in [-0.2, 0) is 0 Å². The molecular weight excluding hydrogens is 262 g/mol. The summed E-state index contributed by atoms with van der Waals surface area (Å²) in [6.07, 6.45) is 5.09. The normalized spacial score (nSPS) is 10.2. The molecule has 1 aromatic carbocycles. The highest BCUT2D eigenvalue weighted by atomic mass is 35.5. The van der Waals surface area contributed by atoms with Crippen LogP contribution >= 0.6 is 11.6 Å². The fourth-order valence-electron chi connectivity index (χ4n) is 1.75. The maximum absolute atomic E-state index is 11.1. The van der Waals surface area contributed by atoms with E-state index in [0.29, 0.717) is 22.9 Å². The molecule has 1 heterocycles. The zero-order valence-corrected chi connectivity index (χ0v) is 11.4. The van der Waals surface area contributed by atoms with Gasteiger partial charge in [0, 0.05) is 22.3 Å². The molecule has 0 amide bonds. The molecule has 0 radical (unpaired) electrons. The molecule has 0 saturated heterocycles. The van der Waals surface area contributed by atoms with E-state index in [-0.39, 0.29) is 0 Å². The van der Waals surface area contributed by atoms with Crippen molar-refractivity contribution in [3.63, 3.8) is 0 Å². The van der Waals surface area contributed by atoms with E-state index < -0.39 is 0 Å². The summed E-state index contributed by atoms with van der Waals surface area (Å²) in [5, 5.41) is 0.584. The summed E-state index contributed by atoms with van der Waals surface area (Å²) in [4.78, 5) is 15.2. The van der Waals surface area contributed by atoms with Crippen molar-refractivity contribution in [1.82, 2.24) is 4.98 Å². The smallest absolute Gasteiger partial charge is 0.150 e. The highest BCUT2D eigenvalue weighted by molar-refractivity contribution is 6.31. The number of hydrogen-bond donors (Lipinski definition) is 0. The average molecular weight is 276 g/mol. The van der Waals surface area contributed by atoms with Crippen LogP contribution in [0.5, 0.6) is 5.75 Å². The fourth-order valence-corrected chi connectivity index (χ4v) is 1.92. The van der Waals surface area contributed by atoms with E-state index >= 15 is 0 Å². The molecule has 0 N–H and O–H groups in total. The van der Waals surface area contributed by atoms with E-state index in [1.165, 1.54) is 0 Å². The number of aldehydes is 1. The predicted molar refractivity (Wildman–Crippen MR) is 75.9 cm³/mol. The molecule has 0 aliphatic carbocycles. The van der Waals surface area contributed by atoms with Gasteiger partial charge in [0.2, 0.25) is 0 Å². The summed E-state index contributed by atoms with van der Waals surface area (Å²) in [6.45, 7) is 2.68. The van der Waals surface area contributed by atoms with Gasteiger partial charge in [-0.15, -0.1) is 0 Å². The molecule has 2 rings (SSSR count). The number of rotatable bonds is 5. The lowest BCUT2D eigenvalue weighted by Crippen LogP contribution is -1.96. The van der Waals surface area contributed by atoms with Crippen LogP contribution in [0.15, 0.2) is 36.7 Å². The number of nitrogens with zero attached hydrogens (tertiary/aromatic N) is 1. The van der Waals surface area contributed by atoms with Crippen LogP contribution in [0.1, 0.15) is 23.7 Å². The van der Waals surface area contributed by atoms with Gasteiger partial charge in [-0.25, -0.2) is 0 Å². The van der Waals surface area contributed by atoms with Crippen molar-refractivity contribution < 1.29 is 9.53 Å². The van der Waals surface area contributed by atoms with Crippen molar-refractivity contribution in [2.75, 3.05) is 6.61 Å². The zero-order chi connectivity index (χ0) is 13.7. The average Bonchev–Trinajstić information content (AvgIpc) is 2.45. The van der Waals surface area contributed by atoms with Crippen LogP contribution in [0.4, 0.5) is 0 Å². The monoisotopic (exact) mass is 275 g/mol. The molecule has 98 valence electrons. The molecule has 0 atom stereocenters. The van der Waals surface area contributed by atoms with Crippen LogP contribution in [0.2, 0.25) is 5.02 Å². The maximum Gasteiger partial charge on any atom is 0.150 e. The van der Waals surface area contributed by atoms with Crippen LogP contribution in [0.3, 0.4) is 0 Å². The Hall–Kier alpha value is -1.87. The molecule has 0 spiro atoms. The molecule has 3 nitrogen and oxygen atoms in total. The van der Waals surface area contributed by atoms with Crippen molar-refractivity contribution in [1.29, 1.82) is 0 Å². The van der Waals surface area contributed by atoms with Gasteiger partial charge in [-0.3, -0.25) is 9.78 Å². The van der Waals surface area contributed by atoms with Crippen molar-refractivity contribution >= 4 is 17.9 Å². The number of ether oxygens (including phenoxy) is 1. The van der Waals surface area contributed by atoms with Crippen molar-refractivity contribution in [3.05, 3.63) is 47.2 Å². The van der Waals surface area contributed by atoms with Crippen molar-refractivity contribution in [2.45, 2.75) is 13.3 Å². The van der Waals surface area contributed by atoms with Gasteiger partial charge < -0.3 is 4.74 Å². The second-order valence-electron chi connectivity index (χ2n) is 4.11. The number of hydrogen-bond acceptors (Lipinski definition) is 3. The summed E-state index contributed by atoms with van der Waals surface area (Å²) >= 11 is 5.98. The van der Waals surface area contributed by atoms with Gasteiger partial charge in [0.05, 0.1) is 12.8 Å². The second kappa shape index (κ2) is 6.34. The van der Waals surface area contributed by atoms with Gasteiger partial charge in [0.15, 0.2) is 6.29 Å². The Labute approximate surface area is 117 Å². The molecule has 19 heavy (non-hydrogen) atoms. The lowest BCUT2D eigenvalue weighted by molar-refractivity contribution is 0.112. The van der Waals surface area contributed by atoms with Crippen LogP contribution in [-0.4, -0.2) is 17.9 Å². The molecule has 0 aliphatic rings. The minimum atomic E-state index is 0.582. The van der Waals surface area contributed by atoms with Gasteiger partial charge >= 0.3 is 0 Å². The lowest BCUT2D eigenvalue weighted by Gasteiger charge is -2.08. The summed E-state index contributed by atoms with van der Waals surface area (Å²) in [5.41, 5.74) is 2.16. The Balaban J connectivity index is 2.40. The number of benzene rings is 1. The Morgan fingerprint density at radius 1 is 1.32 bits per heavy atom. The number of halogens is 1. The van der Waals surface area contributed by atoms with Crippen LogP contribution in [0, 0.1) is 0 Å². The molecule has 0 saturated carbocycles. The van der Waals surface area contributed by atoms with E-state index in [4.69, 9.17) is 16.3 Å². The molecule has 0 bridgehead atoms. The number of carbonyl (C=O) groups excluding carboxylic acids is 1. The Bertz CT molecular complexity index is 584. The standard InChI is InChI=1S/C15H14ClNO2/c1-2-5-19-14-6-12(8-17-9-14)15-7-13(16)4-3-11(15)10-18/h3-4,6-10H,2,5H2,1H3. The third-order valence-electron chi connectivity index (χ3n) is 2.64. The Morgan fingerprint density at radius 2 is 2.16 bits per heavy atom. The van der Waals surface area contributed by atoms with Crippen molar-refractivity contribution in [2.24, 2.45) is 0 Å². The van der Waals surface area contributed by atoms with E-state index in [0.717, 1.165) is 23.8 Å². The number of pyridine rings is 1. The largest absolute Gasteiger partial charge is 0.492 e. The SMILES string of the molecule is CCCOc1cncc(-c2cc(Cl)ccc2C=O)c1. The first-order chi connectivity index (χ1) is 9.24. The molecule has 4 heteroatoms. The minimum absolute atomic E-state index is 0.582. The third-order valence-corrected chi connectivity index (χ3v) is 2.87. The summed E-state index contributed by atoms with van der Waals surface area (Å²) in [7, 11) is 0. The van der Waals surface area contributed by atoms with E-state index in [1.807, 2.05) is 13.0 Å². The Kier molecular flexibility index (Phi) is 4.53. The number of aromatic nitrogens is 1. The topological polar surface area (TPSA) is 39.2 Å². The summed E-state index contributed by atoms with van der Waals surface area (Å²) in [6, 6.07) is 7.01. The van der Waals surface area contributed by atoms with Crippen LogP contribution in [0.25, 0.3) is 11.1 Å². The van der Waals surface area contributed by atoms with Gasteiger partial charge in [-0.2, -0.15) is 0 Å². The van der Waals surface area contributed by atoms with Gasteiger partial charge in [-0.05, 0) is 36.2 Å². The van der Waals surface area contributed by atoms with E-state index in [1.54, 1.807) is 30.6 Å². The highest BCUT2D eigenvalue weighted by Crippen LogP contribution is 2.28. The molecule has 1 aromatic heterocycles. The quantitative estimate of drug-likeness (QED) is 0.774. The van der Waals surface area contributed by atoms with E-state index in [9.17, 15) is 4.79 Å². The molecule has 0 fully saturated rings. The van der Waals surface area contributed by atoms with Gasteiger partial charge in [0.1, 0.15) is 5.75 Å². The summed E-state index contributed by atoms with van der Waals surface area (Å²) < 4.78 is 5.54. The first kappa shape index (κ1) is 13.6. The van der Waals surface area contributed by atoms with Crippen molar-refractivity contribution in [3.8, 4) is 16.9 Å². The second-order valence-corrected chi connectivity index (χ2v) is 4.54. The lowest BCUT2D eigenvalue weighted by atomic mass is 10.0.